The van der Waals surface area contributed by atoms with Crippen molar-refractivity contribution < 1.29 is 87.0 Å². The first-order valence-electron chi connectivity index (χ1n) is 3.50. The van der Waals surface area contributed by atoms with Gasteiger partial charge in [-0.1, -0.05) is 0 Å². The van der Waals surface area contributed by atoms with Gasteiger partial charge >= 0.3 is 185 Å². The van der Waals surface area contributed by atoms with Crippen LogP contribution in [0.1, 0.15) is 0 Å². The summed E-state index contributed by atoms with van der Waals surface area (Å²) in [4.78, 5) is 0. The molecule has 0 rings (SSSR count). The fourth-order valence-corrected chi connectivity index (χ4v) is 0. The van der Waals surface area contributed by atoms with Gasteiger partial charge in [0.15, 0.2) is 0 Å². The van der Waals surface area contributed by atoms with Gasteiger partial charge in [0.2, 0.25) is 0 Å². The summed E-state index contributed by atoms with van der Waals surface area (Å²) in [5.41, 5.74) is 0. The molecule has 15 N–H and O–H groups in total. The van der Waals surface area contributed by atoms with Crippen LogP contribution in [0, 0.1) is 0 Å². The third kappa shape index (κ3) is 4050. The van der Waals surface area contributed by atoms with Gasteiger partial charge < -0.3 is 6.15 Å². The molecule has 0 amide bonds. The Kier molecular flexibility index (Phi) is 208. The van der Waals surface area contributed by atoms with Crippen LogP contribution in [0.2, 0.25) is 0 Å². The molecule has 0 aromatic carbocycles. The normalized spacial score (nSPS) is 5.03. The van der Waals surface area contributed by atoms with Crippen molar-refractivity contribution in [3.8, 4) is 0 Å². The van der Waals surface area contributed by atoms with Gasteiger partial charge in [0.25, 0.3) is 0 Å². The Labute approximate surface area is 216 Å². The Hall–Kier alpha value is 2.77. The van der Waals surface area contributed by atoms with E-state index >= 15 is 0 Å². The molecule has 0 saturated carbocycles. The molecule has 206 valence electrons. The van der Waals surface area contributed by atoms with Crippen LogP contribution in [0.15, 0.2) is 0 Å². The summed E-state index contributed by atoms with van der Waals surface area (Å²) >= 11 is -22.2. The van der Waals surface area contributed by atoms with Gasteiger partial charge in [-0.3, -0.25) is 28.2 Å². The van der Waals surface area contributed by atoms with E-state index in [1.54, 1.807) is 0 Å². The fourth-order valence-electron chi connectivity index (χ4n) is 0. The second kappa shape index (κ2) is 76.7. The Morgan fingerprint density at radius 1 is 0.258 bits per heavy atom. The second-order valence-corrected chi connectivity index (χ2v) is 10.2. The van der Waals surface area contributed by atoms with E-state index in [-0.39, 0.29) is 34.4 Å². The number of halogens is 6. The molecule has 0 spiro atoms. The molecule has 0 aliphatic rings. The Bertz CT molecular complexity index is 279. The van der Waals surface area contributed by atoms with Crippen LogP contribution in [0.3, 0.4) is 0 Å². The van der Waals surface area contributed by atoms with Crippen molar-refractivity contribution in [3.63, 3.8) is 0 Å². The monoisotopic (exact) mass is 1160 g/mol. The summed E-state index contributed by atoms with van der Waals surface area (Å²) in [5, 5.41) is 0. The molecule has 0 saturated heterocycles. The molecule has 0 atom stereocenters. The third-order valence-corrected chi connectivity index (χ3v) is 0. The van der Waals surface area contributed by atoms with Gasteiger partial charge in [-0.15, -0.1) is 0 Å². The first-order valence-corrected chi connectivity index (χ1v) is 23.4. The zero-order valence-corrected chi connectivity index (χ0v) is 29.0. The first-order chi connectivity index (χ1) is 10.4. The van der Waals surface area contributed by atoms with E-state index in [0.717, 1.165) is 0 Å². The zero-order valence-electron chi connectivity index (χ0n) is 13.7. The van der Waals surface area contributed by atoms with Crippen molar-refractivity contribution in [2.24, 2.45) is 0 Å². The Morgan fingerprint density at radius 3 is 0.258 bits per heavy atom. The first kappa shape index (κ1) is 84.1. The van der Waals surface area contributed by atoms with Crippen LogP contribution in [0.25, 0.3) is 0 Å². The molecule has 0 aromatic heterocycles. The quantitative estimate of drug-likeness (QED) is 0.0791. The van der Waals surface area contributed by atoms with Gasteiger partial charge in [0.1, 0.15) is 0 Å². The maximum absolute atomic E-state index is 8.82. The van der Waals surface area contributed by atoms with E-state index in [2.05, 4.69) is 0 Å². The molecule has 31 heteroatoms. The summed E-state index contributed by atoms with van der Waals surface area (Å²) in [5.74, 6) is 0. The molecule has 6 radical (unpaired) electrons. The van der Waals surface area contributed by atoms with Crippen molar-refractivity contribution in [1.29, 1.82) is 0 Å². The third-order valence-electron chi connectivity index (χ3n) is 0. The molecule has 0 bridgehead atoms. The molecule has 0 unspecified atom stereocenters. The molecule has 0 aliphatic carbocycles. The van der Waals surface area contributed by atoms with Crippen molar-refractivity contribution in [2.75, 3.05) is 0 Å². The van der Waals surface area contributed by atoms with Gasteiger partial charge in [0.05, 0.1) is 0 Å². The average molecular weight is 1170 g/mol. The van der Waals surface area contributed by atoms with E-state index in [4.69, 9.17) is 58.7 Å². The molecule has 0 fully saturated rings. The average Bonchev–Trinajstić information content (AvgIpc) is 2.08. The van der Waals surface area contributed by atoms with Crippen molar-refractivity contribution in [1.82, 2.24) is 6.15 Å². The number of rotatable bonds is 0. The topological polar surface area (TPSA) is 380 Å². The molecular weight excluding hydrogens is 1150 g/mol. The number of hydrogen-bond acceptors (Lipinski definition) is 7. The molecular formula is H21F6NO18Sb6. The summed E-state index contributed by atoms with van der Waals surface area (Å²) in [6, 6.07) is 0. The molecule has 0 aliphatic heterocycles. The van der Waals surface area contributed by atoms with Crippen LogP contribution in [0.5, 0.6) is 0 Å². The van der Waals surface area contributed by atoms with Crippen molar-refractivity contribution in [2.45, 2.75) is 0 Å². The van der Waals surface area contributed by atoms with E-state index in [1.807, 2.05) is 0 Å². The van der Waals surface area contributed by atoms with Crippen LogP contribution in [-0.2, 0) is 18.1 Å². The van der Waals surface area contributed by atoms with E-state index < -0.39 is 126 Å². The second-order valence-electron chi connectivity index (χ2n) is 1.52. The van der Waals surface area contributed by atoms with Gasteiger partial charge in [-0.2, -0.15) is 0 Å². The van der Waals surface area contributed by atoms with E-state index in [0.29, 0.717) is 0 Å². The SMILES string of the molecule is F.F.F.F.F.F.N.[O]=[Sb]([OH])[OH].[O]=[Sb]([OH])[OH].[O]=[Sb]([OH])[OH].[O]=[Sb]([OH])[OH].[O]=[Sb]([OH])[OH].[O]=[Sb]([OH])[OH]. The molecule has 0 aromatic rings. The minimum atomic E-state index is -3.70. The molecule has 19 nitrogen and oxygen atoms in total. The van der Waals surface area contributed by atoms with E-state index in [9.17, 15) is 0 Å². The maximum atomic E-state index is 8.82. The zero-order chi connectivity index (χ0) is 21.5. The Balaban J connectivity index is -0.0000000109. The summed E-state index contributed by atoms with van der Waals surface area (Å²) in [7, 11) is 0. The minimum absolute atomic E-state index is 0. The van der Waals surface area contributed by atoms with Gasteiger partial charge in [-0.05, 0) is 0 Å². The Morgan fingerprint density at radius 2 is 0.258 bits per heavy atom. The van der Waals surface area contributed by atoms with Gasteiger partial charge in [-0.25, -0.2) is 0 Å². The molecule has 0 heterocycles. The van der Waals surface area contributed by atoms with Crippen LogP contribution in [0.4, 0.5) is 28.2 Å². The standard InChI is InChI=1S/6FH.H3N.12H2O.6O.6Sb/h6*1H;1H3;12*1H2;;;;;;;;;;;;/q;;;;;;;;;;;;;;;;;;;;;;;;;6*+2/p-12. The van der Waals surface area contributed by atoms with E-state index in [1.165, 1.54) is 0 Å². The predicted molar refractivity (Wildman–Crippen MR) is 85.3 cm³/mol. The fraction of sp³-hybridized carbons (Fsp3) is 0. The predicted octanol–water partition coefficient (Wildman–Crippen LogP) is -8.60. The summed E-state index contributed by atoms with van der Waals surface area (Å²) < 4.78 is 140. The van der Waals surface area contributed by atoms with Gasteiger partial charge in [0, 0.05) is 0 Å². The summed E-state index contributed by atoms with van der Waals surface area (Å²) in [6.07, 6.45) is 0. The summed E-state index contributed by atoms with van der Waals surface area (Å²) in [6.45, 7) is 0. The van der Waals surface area contributed by atoms with Crippen LogP contribution < -0.4 is 6.15 Å². The number of hydrogen-bond donors (Lipinski definition) is 13. The van der Waals surface area contributed by atoms with Crippen molar-refractivity contribution in [3.05, 3.63) is 0 Å². The van der Waals surface area contributed by atoms with Crippen LogP contribution in [-0.4, -0.2) is 167 Å². The van der Waals surface area contributed by atoms with Crippen molar-refractivity contribution >= 4 is 126 Å². The molecule has 31 heavy (non-hydrogen) atoms. The van der Waals surface area contributed by atoms with Crippen LogP contribution >= 0.6 is 0 Å².